The number of hydrogen-bond acceptors (Lipinski definition) is 13. The molecule has 0 aliphatic heterocycles. The second-order valence-electron chi connectivity index (χ2n) is 5.69. The minimum atomic E-state index is -1.75. The fraction of sp³-hybridized carbons (Fsp3) is 0. The van der Waals surface area contributed by atoms with Crippen molar-refractivity contribution in [2.45, 2.75) is 0 Å². The third-order valence-electron chi connectivity index (χ3n) is 2.82. The van der Waals surface area contributed by atoms with Crippen molar-refractivity contribution >= 4 is 0 Å². The molecule has 6 heterocycles. The van der Waals surface area contributed by atoms with E-state index in [1.807, 2.05) is 54.6 Å². The Hall–Kier alpha value is -5.00. The molecule has 0 aromatic carbocycles. The van der Waals surface area contributed by atoms with Crippen molar-refractivity contribution < 1.29 is 66.9 Å². The molecule has 0 unspecified atom stereocenters. The number of rotatable bonds is 0. The minimum absolute atomic E-state index is 0. The van der Waals surface area contributed by atoms with Crippen LogP contribution in [0.4, 0.5) is 0 Å². The van der Waals surface area contributed by atoms with Gasteiger partial charge in [-0.05, 0) is 36.4 Å². The maximum atomic E-state index is 8.25. The summed E-state index contributed by atoms with van der Waals surface area (Å²) in [5.41, 5.74) is 0. The van der Waals surface area contributed by atoms with Gasteiger partial charge < -0.3 is 66.7 Å². The quantitative estimate of drug-likeness (QED) is 0.122. The van der Waals surface area contributed by atoms with Gasteiger partial charge in [-0.15, -0.1) is 0 Å². The van der Waals surface area contributed by atoms with Crippen molar-refractivity contribution in [1.29, 1.82) is 0 Å². The van der Waals surface area contributed by atoms with E-state index in [4.69, 9.17) is 30.6 Å². The first-order valence-corrected chi connectivity index (χ1v) is 10.8. The van der Waals surface area contributed by atoms with E-state index >= 15 is 0 Å². The molecule has 18 nitrogen and oxygen atoms in total. The maximum Gasteiger partial charge on any atom is 2.00 e. The number of hydrogen-bond donors (Lipinski definition) is 0. The average molecular weight is 770 g/mol. The third kappa shape index (κ3) is 68.1. The summed E-state index contributed by atoms with van der Waals surface area (Å²) in [6.45, 7) is 0. The van der Waals surface area contributed by atoms with Crippen LogP contribution in [0.2, 0.25) is 0 Å². The topological polar surface area (TPSA) is 282 Å². The van der Waals surface area contributed by atoms with Crippen molar-refractivity contribution in [2.24, 2.45) is 0 Å². The van der Waals surface area contributed by atoms with Gasteiger partial charge >= 0.3 is 51.2 Å². The molecule has 0 amide bonds. The summed E-state index contributed by atoms with van der Waals surface area (Å²) in [7, 11) is 0. The second kappa shape index (κ2) is 48.7. The molecule has 3 radical (unpaired) electrons. The van der Waals surface area contributed by atoms with Gasteiger partial charge in [0.1, 0.15) is 0 Å². The molecule has 6 aromatic heterocycles. The summed E-state index contributed by atoms with van der Waals surface area (Å²) in [6.07, 6.45) is 20.3. The van der Waals surface area contributed by atoms with Crippen LogP contribution in [0, 0.1) is 30.6 Å². The van der Waals surface area contributed by atoms with E-state index in [9.17, 15) is 0 Å². The Morgan fingerprint density at radius 3 is 0.622 bits per heavy atom. The second-order valence-corrected chi connectivity index (χ2v) is 5.69. The van der Waals surface area contributed by atoms with Crippen molar-refractivity contribution in [1.82, 2.24) is 45.5 Å². The predicted octanol–water partition coefficient (Wildman–Crippen LogP) is 2.70. The van der Waals surface area contributed by atoms with Crippen LogP contribution in [0.25, 0.3) is 0 Å². The van der Waals surface area contributed by atoms with E-state index in [0.29, 0.717) is 0 Å². The van der Waals surface area contributed by atoms with Gasteiger partial charge in [0.25, 0.3) is 0 Å². The SMILES string of the molecule is O=[N+]([O-])[O-].O=[N+]([O-])[O-].[Cu+2].[Cu+2].[Cu+2].[OH-].c1ccncc1.c1ccncc1.c1ccncc1.c1cn[n-]c1.c1cn[n-]c1.c1cn[n-]c1. The van der Waals surface area contributed by atoms with Crippen molar-refractivity contribution in [3.8, 4) is 0 Å². The van der Waals surface area contributed by atoms with Crippen LogP contribution in [0.3, 0.4) is 0 Å². The van der Waals surface area contributed by atoms with Gasteiger partial charge in [-0.3, -0.25) is 15.0 Å². The molecule has 0 spiro atoms. The number of pyridine rings is 3. The van der Waals surface area contributed by atoms with Crippen LogP contribution in [-0.2, 0) is 51.2 Å². The van der Waals surface area contributed by atoms with Crippen LogP contribution >= 0.6 is 0 Å². The van der Waals surface area contributed by atoms with Gasteiger partial charge in [0.15, 0.2) is 0 Å². The van der Waals surface area contributed by atoms with Gasteiger partial charge in [-0.2, -0.15) is 18.6 Å². The molecule has 251 valence electrons. The molecule has 1 N–H and O–H groups in total. The smallest absolute Gasteiger partial charge is 0.870 e. The Bertz CT molecular complexity index is 933. The van der Waals surface area contributed by atoms with E-state index in [-0.39, 0.29) is 56.7 Å². The van der Waals surface area contributed by atoms with Crippen LogP contribution in [-0.4, -0.2) is 45.9 Å². The number of nitrogens with zero attached hydrogens (tertiary/aromatic N) is 11. The fourth-order valence-electron chi connectivity index (χ4n) is 1.52. The molecule has 6 aromatic rings. The summed E-state index contributed by atoms with van der Waals surface area (Å²) in [5, 5.41) is 50.3. The maximum absolute atomic E-state index is 8.25. The van der Waals surface area contributed by atoms with Gasteiger partial charge in [0, 0.05) is 55.8 Å². The van der Waals surface area contributed by atoms with Crippen molar-refractivity contribution in [2.75, 3.05) is 0 Å². The summed E-state index contributed by atoms with van der Waals surface area (Å²) in [4.78, 5) is 27.9. The summed E-state index contributed by atoms with van der Waals surface area (Å²) >= 11 is 0. The molecule has 0 bridgehead atoms. The predicted molar refractivity (Wildman–Crippen MR) is 148 cm³/mol. The summed E-state index contributed by atoms with van der Waals surface area (Å²) in [6, 6.07) is 22.5. The molecule has 0 aliphatic carbocycles. The molecule has 0 saturated heterocycles. The van der Waals surface area contributed by atoms with Crippen LogP contribution in [0.1, 0.15) is 0 Å². The molecule has 0 aliphatic rings. The Balaban J connectivity index is -0.0000000958. The van der Waals surface area contributed by atoms with Gasteiger partial charge in [0.05, 0.1) is 10.2 Å². The van der Waals surface area contributed by atoms with Gasteiger partial charge in [-0.25, -0.2) is 0 Å². The molecule has 0 atom stereocenters. The Morgan fingerprint density at radius 1 is 0.378 bits per heavy atom. The van der Waals surface area contributed by atoms with Gasteiger partial charge in [-0.1, -0.05) is 36.4 Å². The van der Waals surface area contributed by atoms with E-state index < -0.39 is 10.2 Å². The summed E-state index contributed by atoms with van der Waals surface area (Å²) in [5.74, 6) is 0. The van der Waals surface area contributed by atoms with E-state index in [1.54, 1.807) is 92.6 Å². The van der Waals surface area contributed by atoms with E-state index in [0.717, 1.165) is 0 Å². The van der Waals surface area contributed by atoms with E-state index in [1.165, 1.54) is 0 Å². The molecule has 0 saturated carbocycles. The molecule has 0 fully saturated rings. The first-order chi connectivity index (χ1) is 20.0. The zero-order valence-electron chi connectivity index (χ0n) is 22.6. The standard InChI is InChI=1S/3C5H5N.3C3H3N2.3Cu.2NO3.H2O/c3*1-2-4-6-5-3-1;3*1-2-4-5-3-1;;;;2*2-1(3)4;/h3*1-5H;3*1-3H;;;;;;1H2/q;;;3*-1;3*+2;2*-1;/p-1. The first-order valence-electron chi connectivity index (χ1n) is 10.8. The molecular formula is C24H25Cu3N11O7. The van der Waals surface area contributed by atoms with Crippen molar-refractivity contribution in [3.05, 3.63) is 178 Å². The van der Waals surface area contributed by atoms with Crippen LogP contribution in [0.15, 0.2) is 147 Å². The summed E-state index contributed by atoms with van der Waals surface area (Å²) < 4.78 is 0. The molecule has 6 rings (SSSR count). The number of aromatic nitrogens is 9. The minimum Gasteiger partial charge on any atom is -0.870 e. The van der Waals surface area contributed by atoms with Crippen LogP contribution in [0.5, 0.6) is 0 Å². The van der Waals surface area contributed by atoms with Crippen molar-refractivity contribution in [3.63, 3.8) is 0 Å². The average Bonchev–Trinajstić information content (AvgIpc) is 3.84. The Morgan fingerprint density at radius 2 is 0.578 bits per heavy atom. The fourth-order valence-corrected chi connectivity index (χ4v) is 1.52. The first kappa shape index (κ1) is 52.6. The largest absolute Gasteiger partial charge is 2.00 e. The molecule has 45 heavy (non-hydrogen) atoms. The van der Waals surface area contributed by atoms with E-state index in [2.05, 4.69) is 45.5 Å². The molecule has 21 heteroatoms. The zero-order chi connectivity index (χ0) is 30.5. The Labute approximate surface area is 289 Å². The Kier molecular flexibility index (Phi) is 57.0. The third-order valence-corrected chi connectivity index (χ3v) is 2.82. The monoisotopic (exact) mass is 768 g/mol. The normalized spacial score (nSPS) is 6.93. The molecular weight excluding hydrogens is 745 g/mol. The van der Waals surface area contributed by atoms with Crippen LogP contribution < -0.4 is 15.3 Å². The van der Waals surface area contributed by atoms with Gasteiger partial charge in [0.2, 0.25) is 0 Å². The zero-order valence-corrected chi connectivity index (χ0v) is 25.4.